The van der Waals surface area contributed by atoms with Crippen LogP contribution in [0.5, 0.6) is 0 Å². The van der Waals surface area contributed by atoms with E-state index in [1.54, 1.807) is 31.2 Å². The van der Waals surface area contributed by atoms with E-state index < -0.39 is 17.8 Å². The minimum absolute atomic E-state index is 0.102. The van der Waals surface area contributed by atoms with Crippen molar-refractivity contribution in [3.63, 3.8) is 0 Å². The molecule has 1 atom stereocenters. The zero-order chi connectivity index (χ0) is 15.6. The molecule has 1 N–H and O–H groups in total. The number of halogens is 4. The third-order valence-corrected chi connectivity index (χ3v) is 3.76. The van der Waals surface area contributed by atoms with Gasteiger partial charge in [-0.15, -0.1) is 0 Å². The van der Waals surface area contributed by atoms with Gasteiger partial charge in [-0.2, -0.15) is 13.2 Å². The second kappa shape index (κ2) is 6.08. The van der Waals surface area contributed by atoms with Crippen molar-refractivity contribution in [3.8, 4) is 0 Å². The molecule has 2 aromatic rings. The molecule has 0 aliphatic carbocycles. The molecule has 112 valence electrons. The molecule has 0 amide bonds. The van der Waals surface area contributed by atoms with Gasteiger partial charge in [0.15, 0.2) is 0 Å². The Morgan fingerprint density at radius 3 is 2.48 bits per heavy atom. The van der Waals surface area contributed by atoms with E-state index in [2.05, 4.69) is 0 Å². The summed E-state index contributed by atoms with van der Waals surface area (Å²) in [6, 6.07) is 10.1. The lowest BCUT2D eigenvalue weighted by Crippen LogP contribution is -2.08. The highest BCUT2D eigenvalue weighted by atomic mass is 35.5. The Morgan fingerprint density at radius 2 is 1.81 bits per heavy atom. The minimum Gasteiger partial charge on any atom is -0.388 e. The van der Waals surface area contributed by atoms with Crippen molar-refractivity contribution in [1.82, 2.24) is 0 Å². The van der Waals surface area contributed by atoms with Crippen LogP contribution < -0.4 is 0 Å². The van der Waals surface area contributed by atoms with Crippen LogP contribution >= 0.6 is 11.6 Å². The Bertz CT molecular complexity index is 638. The highest BCUT2D eigenvalue weighted by Gasteiger charge is 2.30. The second-order valence-electron chi connectivity index (χ2n) is 4.87. The Labute approximate surface area is 126 Å². The van der Waals surface area contributed by atoms with Crippen LogP contribution in [0.3, 0.4) is 0 Å². The maximum Gasteiger partial charge on any atom is 0.416 e. The van der Waals surface area contributed by atoms with Gasteiger partial charge in [-0.1, -0.05) is 41.9 Å². The fraction of sp³-hybridized carbons (Fsp3) is 0.250. The molecule has 1 unspecified atom stereocenters. The van der Waals surface area contributed by atoms with Crippen molar-refractivity contribution in [2.75, 3.05) is 0 Å². The summed E-state index contributed by atoms with van der Waals surface area (Å²) < 4.78 is 38.0. The number of hydrogen-bond acceptors (Lipinski definition) is 1. The van der Waals surface area contributed by atoms with E-state index in [1.807, 2.05) is 0 Å². The third-order valence-electron chi connectivity index (χ3n) is 3.35. The molecule has 2 aromatic carbocycles. The third kappa shape index (κ3) is 3.77. The summed E-state index contributed by atoms with van der Waals surface area (Å²) in [6.07, 6.45) is -5.18. The van der Waals surface area contributed by atoms with Gasteiger partial charge in [0.25, 0.3) is 0 Å². The topological polar surface area (TPSA) is 20.2 Å². The maximum absolute atomic E-state index is 12.7. The summed E-state index contributed by atoms with van der Waals surface area (Å²) in [4.78, 5) is 0. The normalized spacial score (nSPS) is 13.2. The molecule has 1 nitrogen and oxygen atoms in total. The van der Waals surface area contributed by atoms with Crippen molar-refractivity contribution >= 4 is 11.6 Å². The smallest absolute Gasteiger partial charge is 0.388 e. The average Bonchev–Trinajstić information content (AvgIpc) is 2.41. The predicted molar refractivity (Wildman–Crippen MR) is 76.3 cm³/mol. The standard InChI is InChI=1S/C16H14ClF3O/c1-10-13(6-3-7-14(10)17)15(21)9-11-4-2-5-12(8-11)16(18,19)20/h2-8,15,21H,9H2,1H3. The van der Waals surface area contributed by atoms with Gasteiger partial charge in [-0.3, -0.25) is 0 Å². The van der Waals surface area contributed by atoms with Gasteiger partial charge in [-0.25, -0.2) is 0 Å². The number of rotatable bonds is 3. The van der Waals surface area contributed by atoms with E-state index >= 15 is 0 Å². The first-order valence-corrected chi connectivity index (χ1v) is 6.76. The lowest BCUT2D eigenvalue weighted by Gasteiger charge is -2.15. The summed E-state index contributed by atoms with van der Waals surface area (Å²) in [7, 11) is 0. The first-order chi connectivity index (χ1) is 9.79. The summed E-state index contributed by atoms with van der Waals surface area (Å²) in [5.74, 6) is 0. The number of benzene rings is 2. The first kappa shape index (κ1) is 15.9. The van der Waals surface area contributed by atoms with Crippen LogP contribution in [-0.4, -0.2) is 5.11 Å². The van der Waals surface area contributed by atoms with Crippen molar-refractivity contribution in [1.29, 1.82) is 0 Å². The van der Waals surface area contributed by atoms with E-state index in [0.29, 0.717) is 16.1 Å². The van der Waals surface area contributed by atoms with Crippen LogP contribution in [-0.2, 0) is 12.6 Å². The first-order valence-electron chi connectivity index (χ1n) is 6.38. The molecular weight excluding hydrogens is 301 g/mol. The molecule has 5 heteroatoms. The van der Waals surface area contributed by atoms with Crippen LogP contribution in [0.4, 0.5) is 13.2 Å². The Balaban J connectivity index is 2.24. The van der Waals surface area contributed by atoms with E-state index in [4.69, 9.17) is 11.6 Å². The van der Waals surface area contributed by atoms with Crippen LogP contribution in [0.25, 0.3) is 0 Å². The molecular formula is C16H14ClF3O. The van der Waals surface area contributed by atoms with Gasteiger partial charge >= 0.3 is 6.18 Å². The SMILES string of the molecule is Cc1c(Cl)cccc1C(O)Cc1cccc(C(F)(F)F)c1. The molecule has 0 heterocycles. The van der Waals surface area contributed by atoms with Crippen molar-refractivity contribution in [2.24, 2.45) is 0 Å². The molecule has 0 radical (unpaired) electrons. The number of aliphatic hydroxyl groups is 1. The van der Waals surface area contributed by atoms with Gasteiger partial charge in [-0.05, 0) is 35.7 Å². The molecule has 0 saturated heterocycles. The second-order valence-corrected chi connectivity index (χ2v) is 5.28. The summed E-state index contributed by atoms with van der Waals surface area (Å²) in [6.45, 7) is 1.77. The van der Waals surface area contributed by atoms with Gasteiger partial charge in [0.05, 0.1) is 11.7 Å². The summed E-state index contributed by atoms with van der Waals surface area (Å²) in [5.41, 5.74) is 1.07. The fourth-order valence-corrected chi connectivity index (χ4v) is 2.37. The van der Waals surface area contributed by atoms with E-state index in [0.717, 1.165) is 17.7 Å². The van der Waals surface area contributed by atoms with E-state index in [1.165, 1.54) is 6.07 Å². The Morgan fingerprint density at radius 1 is 1.14 bits per heavy atom. The number of alkyl halides is 3. The molecule has 2 rings (SSSR count). The van der Waals surface area contributed by atoms with Crippen molar-refractivity contribution < 1.29 is 18.3 Å². The molecule has 0 aliphatic rings. The quantitative estimate of drug-likeness (QED) is 0.850. The average molecular weight is 315 g/mol. The van der Waals surface area contributed by atoms with E-state index in [-0.39, 0.29) is 6.42 Å². The molecule has 0 saturated carbocycles. The molecule has 0 spiro atoms. The molecule has 0 aromatic heterocycles. The van der Waals surface area contributed by atoms with Crippen LogP contribution in [0.1, 0.15) is 28.4 Å². The largest absolute Gasteiger partial charge is 0.416 e. The lowest BCUT2D eigenvalue weighted by molar-refractivity contribution is -0.137. The lowest BCUT2D eigenvalue weighted by atomic mass is 9.97. The van der Waals surface area contributed by atoms with Crippen LogP contribution in [0.2, 0.25) is 5.02 Å². The highest BCUT2D eigenvalue weighted by Crippen LogP contribution is 2.31. The number of hydrogen-bond donors (Lipinski definition) is 1. The molecule has 0 fully saturated rings. The molecule has 0 bridgehead atoms. The summed E-state index contributed by atoms with van der Waals surface area (Å²) >= 11 is 5.99. The fourth-order valence-electron chi connectivity index (χ4n) is 2.19. The van der Waals surface area contributed by atoms with Crippen molar-refractivity contribution in [2.45, 2.75) is 25.6 Å². The Hall–Kier alpha value is -1.52. The monoisotopic (exact) mass is 314 g/mol. The minimum atomic E-state index is -4.38. The van der Waals surface area contributed by atoms with Crippen LogP contribution in [0, 0.1) is 6.92 Å². The van der Waals surface area contributed by atoms with Gasteiger partial charge < -0.3 is 5.11 Å². The predicted octanol–water partition coefficient (Wildman–Crippen LogP) is 4.94. The van der Waals surface area contributed by atoms with Gasteiger partial charge in [0.1, 0.15) is 0 Å². The van der Waals surface area contributed by atoms with Gasteiger partial charge in [0, 0.05) is 11.4 Å². The summed E-state index contributed by atoms with van der Waals surface area (Å²) in [5, 5.41) is 10.8. The van der Waals surface area contributed by atoms with Crippen molar-refractivity contribution in [3.05, 3.63) is 69.7 Å². The van der Waals surface area contributed by atoms with E-state index in [9.17, 15) is 18.3 Å². The zero-order valence-corrected chi connectivity index (χ0v) is 12.0. The van der Waals surface area contributed by atoms with Crippen LogP contribution in [0.15, 0.2) is 42.5 Å². The molecule has 0 aliphatic heterocycles. The maximum atomic E-state index is 12.7. The van der Waals surface area contributed by atoms with Gasteiger partial charge in [0.2, 0.25) is 0 Å². The number of aliphatic hydroxyl groups excluding tert-OH is 1. The Kier molecular flexibility index (Phi) is 4.59. The zero-order valence-electron chi connectivity index (χ0n) is 11.3. The molecule has 21 heavy (non-hydrogen) atoms. The highest BCUT2D eigenvalue weighted by molar-refractivity contribution is 6.31.